The van der Waals surface area contributed by atoms with E-state index >= 15 is 0 Å². The normalized spacial score (nSPS) is 19.6. The summed E-state index contributed by atoms with van der Waals surface area (Å²) in [4.78, 5) is 17.0. The molecule has 0 spiro atoms. The Kier molecular flexibility index (Phi) is 6.81. The maximum absolute atomic E-state index is 12.9. The standard InChI is InChI=1S/C22H26ClN3O4S/c23-18-3-1-4-19(15-18)25-10-12-26(13-11-25)22(27)17-6-8-21(9-7-17)31(28,29)24-16-20-5-2-14-30-20/h1,3-4,6-9,15,20,24H,2,5,10-14,16H2/t20-/m1/s1. The van der Waals surface area contributed by atoms with Crippen LogP contribution in [0.4, 0.5) is 5.69 Å². The van der Waals surface area contributed by atoms with E-state index < -0.39 is 10.0 Å². The fraction of sp³-hybridized carbons (Fsp3) is 0.409. The maximum atomic E-state index is 12.9. The van der Waals surface area contributed by atoms with Crippen molar-refractivity contribution in [3.63, 3.8) is 0 Å². The molecule has 0 radical (unpaired) electrons. The Hall–Kier alpha value is -2.13. The van der Waals surface area contributed by atoms with Crippen LogP contribution in [0.15, 0.2) is 53.4 Å². The van der Waals surface area contributed by atoms with E-state index in [9.17, 15) is 13.2 Å². The van der Waals surface area contributed by atoms with Crippen LogP contribution in [-0.4, -0.2) is 64.7 Å². The van der Waals surface area contributed by atoms with E-state index in [0.29, 0.717) is 43.4 Å². The second-order valence-electron chi connectivity index (χ2n) is 7.77. The molecule has 0 aliphatic carbocycles. The molecule has 2 fully saturated rings. The molecule has 4 rings (SSSR count). The Morgan fingerprint density at radius 1 is 1.10 bits per heavy atom. The van der Waals surface area contributed by atoms with Gasteiger partial charge in [0.1, 0.15) is 0 Å². The Morgan fingerprint density at radius 2 is 1.84 bits per heavy atom. The number of hydrogen-bond acceptors (Lipinski definition) is 5. The van der Waals surface area contributed by atoms with Crippen LogP contribution < -0.4 is 9.62 Å². The van der Waals surface area contributed by atoms with Gasteiger partial charge in [-0.05, 0) is 55.3 Å². The Bertz CT molecular complexity index is 1020. The van der Waals surface area contributed by atoms with Crippen molar-refractivity contribution in [2.45, 2.75) is 23.8 Å². The van der Waals surface area contributed by atoms with Gasteiger partial charge in [0.15, 0.2) is 0 Å². The average molecular weight is 464 g/mol. The van der Waals surface area contributed by atoms with E-state index in [-0.39, 0.29) is 23.5 Å². The summed E-state index contributed by atoms with van der Waals surface area (Å²) < 4.78 is 33.0. The monoisotopic (exact) mass is 463 g/mol. The van der Waals surface area contributed by atoms with Crippen molar-refractivity contribution in [1.29, 1.82) is 0 Å². The van der Waals surface area contributed by atoms with Crippen LogP contribution >= 0.6 is 11.6 Å². The number of piperazine rings is 1. The molecule has 2 saturated heterocycles. The molecular formula is C22H26ClN3O4S. The number of rotatable bonds is 6. The van der Waals surface area contributed by atoms with E-state index in [4.69, 9.17) is 16.3 Å². The predicted molar refractivity (Wildman–Crippen MR) is 120 cm³/mol. The smallest absolute Gasteiger partial charge is 0.253 e. The molecule has 1 atom stereocenters. The highest BCUT2D eigenvalue weighted by Gasteiger charge is 2.24. The van der Waals surface area contributed by atoms with Gasteiger partial charge in [-0.25, -0.2) is 13.1 Å². The van der Waals surface area contributed by atoms with Gasteiger partial charge < -0.3 is 14.5 Å². The lowest BCUT2D eigenvalue weighted by molar-refractivity contribution is 0.0746. The number of nitrogens with zero attached hydrogens (tertiary/aromatic N) is 2. The summed E-state index contributed by atoms with van der Waals surface area (Å²) in [7, 11) is -3.63. The van der Waals surface area contributed by atoms with Crippen molar-refractivity contribution in [3.8, 4) is 0 Å². The van der Waals surface area contributed by atoms with Gasteiger partial charge in [0, 0.05) is 55.6 Å². The van der Waals surface area contributed by atoms with Gasteiger partial charge in [0.05, 0.1) is 11.0 Å². The zero-order valence-electron chi connectivity index (χ0n) is 17.2. The van der Waals surface area contributed by atoms with E-state index in [2.05, 4.69) is 9.62 Å². The molecule has 0 aromatic heterocycles. The van der Waals surface area contributed by atoms with Crippen molar-refractivity contribution >= 4 is 33.2 Å². The summed E-state index contributed by atoms with van der Waals surface area (Å²) in [5.41, 5.74) is 1.53. The van der Waals surface area contributed by atoms with Gasteiger partial charge >= 0.3 is 0 Å². The number of carbonyl (C=O) groups is 1. The highest BCUT2D eigenvalue weighted by Crippen LogP contribution is 2.21. The lowest BCUT2D eigenvalue weighted by Gasteiger charge is -2.36. The largest absolute Gasteiger partial charge is 0.377 e. The summed E-state index contributed by atoms with van der Waals surface area (Å²) in [5, 5.41) is 0.691. The van der Waals surface area contributed by atoms with E-state index in [0.717, 1.165) is 18.5 Å². The number of ether oxygens (including phenoxy) is 1. The van der Waals surface area contributed by atoms with Gasteiger partial charge in [-0.3, -0.25) is 4.79 Å². The van der Waals surface area contributed by atoms with Crippen molar-refractivity contribution in [2.24, 2.45) is 0 Å². The number of halogens is 1. The number of nitrogens with one attached hydrogen (secondary N) is 1. The summed E-state index contributed by atoms with van der Waals surface area (Å²) in [6, 6.07) is 13.8. The molecule has 2 aliphatic rings. The number of anilines is 1. The van der Waals surface area contributed by atoms with E-state index in [1.807, 2.05) is 24.3 Å². The molecule has 2 heterocycles. The summed E-state index contributed by atoms with van der Waals surface area (Å²) in [6.07, 6.45) is 1.75. The fourth-order valence-electron chi connectivity index (χ4n) is 3.89. The third-order valence-electron chi connectivity index (χ3n) is 5.68. The average Bonchev–Trinajstić information content (AvgIpc) is 3.31. The Balaban J connectivity index is 1.34. The zero-order valence-corrected chi connectivity index (χ0v) is 18.7. The number of benzene rings is 2. The van der Waals surface area contributed by atoms with Crippen LogP contribution in [-0.2, 0) is 14.8 Å². The van der Waals surface area contributed by atoms with Gasteiger partial charge in [-0.15, -0.1) is 0 Å². The third-order valence-corrected chi connectivity index (χ3v) is 7.35. The highest BCUT2D eigenvalue weighted by molar-refractivity contribution is 7.89. The molecule has 31 heavy (non-hydrogen) atoms. The molecule has 2 aromatic carbocycles. The minimum Gasteiger partial charge on any atom is -0.377 e. The second kappa shape index (κ2) is 9.56. The SMILES string of the molecule is O=C(c1ccc(S(=O)(=O)NC[C@H]2CCCO2)cc1)N1CCN(c2cccc(Cl)c2)CC1. The van der Waals surface area contributed by atoms with Gasteiger partial charge in [-0.1, -0.05) is 17.7 Å². The highest BCUT2D eigenvalue weighted by atomic mass is 35.5. The number of carbonyl (C=O) groups excluding carboxylic acids is 1. The van der Waals surface area contributed by atoms with Crippen LogP contribution in [0.25, 0.3) is 0 Å². The number of amides is 1. The quantitative estimate of drug-likeness (QED) is 0.712. The second-order valence-corrected chi connectivity index (χ2v) is 9.97. The number of hydrogen-bond donors (Lipinski definition) is 1. The molecule has 1 N–H and O–H groups in total. The van der Waals surface area contributed by atoms with Gasteiger partial charge in [-0.2, -0.15) is 0 Å². The molecule has 7 nitrogen and oxygen atoms in total. The van der Waals surface area contributed by atoms with Crippen LogP contribution in [0.2, 0.25) is 5.02 Å². The first-order valence-corrected chi connectivity index (χ1v) is 12.3. The molecular weight excluding hydrogens is 438 g/mol. The third kappa shape index (κ3) is 5.38. The lowest BCUT2D eigenvalue weighted by Crippen LogP contribution is -2.48. The molecule has 0 bridgehead atoms. The molecule has 2 aromatic rings. The van der Waals surface area contributed by atoms with Crippen molar-refractivity contribution in [2.75, 3.05) is 44.2 Å². The molecule has 0 unspecified atom stereocenters. The summed E-state index contributed by atoms with van der Waals surface area (Å²) in [5.74, 6) is -0.0954. The molecule has 1 amide bonds. The number of sulfonamides is 1. The first-order valence-electron chi connectivity index (χ1n) is 10.4. The van der Waals surface area contributed by atoms with E-state index in [1.54, 1.807) is 17.0 Å². The van der Waals surface area contributed by atoms with Crippen molar-refractivity contribution in [1.82, 2.24) is 9.62 Å². The van der Waals surface area contributed by atoms with E-state index in [1.165, 1.54) is 12.1 Å². The minimum atomic E-state index is -3.63. The van der Waals surface area contributed by atoms with Crippen LogP contribution in [0.5, 0.6) is 0 Å². The molecule has 0 saturated carbocycles. The van der Waals surface area contributed by atoms with Crippen molar-refractivity contribution < 1.29 is 17.9 Å². The lowest BCUT2D eigenvalue weighted by atomic mass is 10.1. The first-order chi connectivity index (χ1) is 14.9. The Morgan fingerprint density at radius 3 is 2.48 bits per heavy atom. The van der Waals surface area contributed by atoms with Gasteiger partial charge in [0.2, 0.25) is 10.0 Å². The fourth-order valence-corrected chi connectivity index (χ4v) is 5.14. The van der Waals surface area contributed by atoms with Gasteiger partial charge in [0.25, 0.3) is 5.91 Å². The predicted octanol–water partition coefficient (Wildman–Crippen LogP) is 2.76. The minimum absolute atomic E-state index is 0.0683. The summed E-state index contributed by atoms with van der Waals surface area (Å²) >= 11 is 6.08. The summed E-state index contributed by atoms with van der Waals surface area (Å²) in [6.45, 7) is 3.55. The van der Waals surface area contributed by atoms with Crippen LogP contribution in [0.3, 0.4) is 0 Å². The topological polar surface area (TPSA) is 78.9 Å². The zero-order chi connectivity index (χ0) is 21.8. The maximum Gasteiger partial charge on any atom is 0.253 e. The van der Waals surface area contributed by atoms with Crippen LogP contribution in [0.1, 0.15) is 23.2 Å². The Labute approximate surface area is 188 Å². The molecule has 2 aliphatic heterocycles. The van der Waals surface area contributed by atoms with Crippen LogP contribution in [0, 0.1) is 0 Å². The first kappa shape index (κ1) is 22.1. The molecule has 9 heteroatoms. The molecule has 166 valence electrons. The van der Waals surface area contributed by atoms with Crippen molar-refractivity contribution in [3.05, 3.63) is 59.1 Å².